The van der Waals surface area contributed by atoms with Gasteiger partial charge in [0, 0.05) is 10.7 Å². The highest BCUT2D eigenvalue weighted by Crippen LogP contribution is 2.26. The summed E-state index contributed by atoms with van der Waals surface area (Å²) in [7, 11) is 0. The molecule has 1 heterocycles. The fourth-order valence-corrected chi connectivity index (χ4v) is 1.03. The lowest BCUT2D eigenvalue weighted by Gasteiger charge is -2.16. The summed E-state index contributed by atoms with van der Waals surface area (Å²) in [5.74, 6) is -1.61. The average Bonchev–Trinajstić information content (AvgIpc) is 2.08. The zero-order valence-electron chi connectivity index (χ0n) is 7.48. The monoisotopic (exact) mass is 287 g/mol. The molecule has 1 aromatic rings. The molecule has 0 radical (unpaired) electrons. The highest BCUT2D eigenvalue weighted by molar-refractivity contribution is 9.10. The van der Waals surface area contributed by atoms with Gasteiger partial charge in [-0.15, -0.1) is 0 Å². The molecule has 0 spiro atoms. The fourth-order valence-electron chi connectivity index (χ4n) is 0.723. The maximum Gasteiger partial charge on any atom is 0.425 e. The topological polar surface area (TPSA) is 22.1 Å². The Morgan fingerprint density at radius 1 is 1.47 bits per heavy atom. The first-order valence-corrected chi connectivity index (χ1v) is 4.64. The lowest BCUT2D eigenvalue weighted by molar-refractivity contribution is -0.190. The maximum absolute atomic E-state index is 13.0. The molecule has 0 saturated heterocycles. The lowest BCUT2D eigenvalue weighted by Crippen LogP contribution is -2.31. The van der Waals surface area contributed by atoms with Gasteiger partial charge in [0.2, 0.25) is 0 Å². The third-order valence-electron chi connectivity index (χ3n) is 1.52. The Labute approximate surface area is 91.4 Å². The molecule has 0 unspecified atom stereocenters. The largest absolute Gasteiger partial charge is 0.463 e. The first-order chi connectivity index (χ1) is 6.80. The molecule has 0 fully saturated rings. The summed E-state index contributed by atoms with van der Waals surface area (Å²) in [6, 6.07) is 0.978. The number of halogens is 5. The quantitative estimate of drug-likeness (QED) is 0.779. The van der Waals surface area contributed by atoms with Crippen LogP contribution in [0.25, 0.3) is 0 Å². The number of ether oxygens (including phenoxy) is 1. The van der Waals surface area contributed by atoms with E-state index < -0.39 is 24.0 Å². The Balaban J connectivity index is 2.82. The van der Waals surface area contributed by atoms with E-state index in [1.54, 1.807) is 0 Å². The van der Waals surface area contributed by atoms with Crippen LogP contribution in [0.1, 0.15) is 6.92 Å². The summed E-state index contributed by atoms with van der Waals surface area (Å²) < 4.78 is 53.9. The maximum atomic E-state index is 13.0. The Kier molecular flexibility index (Phi) is 3.54. The van der Waals surface area contributed by atoms with Crippen molar-refractivity contribution in [2.45, 2.75) is 19.2 Å². The minimum Gasteiger partial charge on any atom is -0.463 e. The van der Waals surface area contributed by atoms with Gasteiger partial charge in [-0.1, -0.05) is 0 Å². The molecule has 0 N–H and O–H groups in total. The van der Waals surface area contributed by atoms with E-state index in [4.69, 9.17) is 0 Å². The van der Waals surface area contributed by atoms with Crippen molar-refractivity contribution in [3.05, 3.63) is 22.6 Å². The third-order valence-corrected chi connectivity index (χ3v) is 1.96. The molecule has 15 heavy (non-hydrogen) atoms. The second-order valence-electron chi connectivity index (χ2n) is 2.74. The second kappa shape index (κ2) is 4.34. The number of rotatable bonds is 2. The summed E-state index contributed by atoms with van der Waals surface area (Å²) in [6.07, 6.45) is -5.48. The van der Waals surface area contributed by atoms with E-state index in [0.717, 1.165) is 19.2 Å². The number of hydrogen-bond donors (Lipinski definition) is 0. The number of hydrogen-bond acceptors (Lipinski definition) is 2. The number of alkyl halides is 3. The Morgan fingerprint density at radius 2 is 2.07 bits per heavy atom. The zero-order valence-corrected chi connectivity index (χ0v) is 9.06. The van der Waals surface area contributed by atoms with Crippen LogP contribution in [0.4, 0.5) is 17.6 Å². The summed E-state index contributed by atoms with van der Waals surface area (Å²) in [5, 5.41) is 0. The Bertz CT molecular complexity index is 355. The van der Waals surface area contributed by atoms with Crippen molar-refractivity contribution in [2.24, 2.45) is 0 Å². The van der Waals surface area contributed by atoms with Crippen LogP contribution in [0.2, 0.25) is 0 Å². The minimum atomic E-state index is -4.54. The van der Waals surface area contributed by atoms with E-state index in [-0.39, 0.29) is 0 Å². The molecule has 0 aliphatic carbocycles. The molecule has 2 nitrogen and oxygen atoms in total. The summed E-state index contributed by atoms with van der Waals surface area (Å²) in [4.78, 5) is 3.39. The van der Waals surface area contributed by atoms with Crippen molar-refractivity contribution in [1.29, 1.82) is 0 Å². The molecule has 0 aliphatic heterocycles. The van der Waals surface area contributed by atoms with E-state index in [2.05, 4.69) is 25.7 Å². The predicted octanol–water partition coefficient (Wildman–Crippen LogP) is 3.31. The van der Waals surface area contributed by atoms with Gasteiger partial charge in [-0.2, -0.15) is 13.2 Å². The van der Waals surface area contributed by atoms with Crippen molar-refractivity contribution < 1.29 is 22.3 Å². The van der Waals surface area contributed by atoms with Crippen molar-refractivity contribution in [3.63, 3.8) is 0 Å². The van der Waals surface area contributed by atoms with Gasteiger partial charge >= 0.3 is 6.18 Å². The van der Waals surface area contributed by atoms with E-state index in [1.165, 1.54) is 0 Å². The van der Waals surface area contributed by atoms with Crippen molar-refractivity contribution >= 4 is 15.9 Å². The molecule has 1 aromatic heterocycles. The van der Waals surface area contributed by atoms with Crippen LogP contribution in [-0.2, 0) is 0 Å². The number of aromatic nitrogens is 1. The second-order valence-corrected chi connectivity index (χ2v) is 3.66. The Morgan fingerprint density at radius 3 is 2.53 bits per heavy atom. The van der Waals surface area contributed by atoms with E-state index in [1.807, 2.05) is 0 Å². The SMILES string of the molecule is C[C@@H](Oc1ncc(Br)cc1F)C(F)(F)F. The average molecular weight is 288 g/mol. The molecule has 7 heteroatoms. The molecule has 0 saturated carbocycles. The molecule has 0 aliphatic rings. The Hall–Kier alpha value is -0.850. The highest BCUT2D eigenvalue weighted by atomic mass is 79.9. The van der Waals surface area contributed by atoms with Gasteiger partial charge in [0.05, 0.1) is 0 Å². The van der Waals surface area contributed by atoms with Gasteiger partial charge in [-0.3, -0.25) is 0 Å². The summed E-state index contributed by atoms with van der Waals surface area (Å²) in [6.45, 7) is 0.781. The summed E-state index contributed by atoms with van der Waals surface area (Å²) in [5.41, 5.74) is 0. The van der Waals surface area contributed by atoms with Crippen LogP contribution in [0, 0.1) is 5.82 Å². The standard InChI is InChI=1S/C8H6BrF4NO/c1-4(8(11,12)13)15-7-6(10)2-5(9)3-14-7/h2-4H,1H3/t4-/m1/s1. The summed E-state index contributed by atoms with van der Waals surface area (Å²) >= 11 is 2.92. The smallest absolute Gasteiger partial charge is 0.425 e. The molecule has 0 bridgehead atoms. The normalized spacial score (nSPS) is 13.7. The molecule has 1 rings (SSSR count). The highest BCUT2D eigenvalue weighted by Gasteiger charge is 2.38. The van der Waals surface area contributed by atoms with Gasteiger partial charge in [-0.05, 0) is 28.9 Å². The van der Waals surface area contributed by atoms with Gasteiger partial charge < -0.3 is 4.74 Å². The van der Waals surface area contributed by atoms with Crippen LogP contribution < -0.4 is 4.74 Å². The van der Waals surface area contributed by atoms with E-state index in [0.29, 0.717) is 4.47 Å². The predicted molar refractivity (Wildman–Crippen MR) is 48.0 cm³/mol. The van der Waals surface area contributed by atoms with Crippen LogP contribution >= 0.6 is 15.9 Å². The molecular formula is C8H6BrF4NO. The number of pyridine rings is 1. The zero-order chi connectivity index (χ0) is 11.6. The van der Waals surface area contributed by atoms with Crippen LogP contribution in [-0.4, -0.2) is 17.3 Å². The van der Waals surface area contributed by atoms with E-state index in [9.17, 15) is 17.6 Å². The van der Waals surface area contributed by atoms with Crippen LogP contribution in [0.3, 0.4) is 0 Å². The van der Waals surface area contributed by atoms with Crippen LogP contribution in [0.15, 0.2) is 16.7 Å². The van der Waals surface area contributed by atoms with Crippen molar-refractivity contribution in [2.75, 3.05) is 0 Å². The molecular weight excluding hydrogens is 282 g/mol. The van der Waals surface area contributed by atoms with Crippen LogP contribution in [0.5, 0.6) is 5.88 Å². The molecule has 1 atom stereocenters. The minimum absolute atomic E-state index is 0.326. The molecule has 0 amide bonds. The van der Waals surface area contributed by atoms with Crippen molar-refractivity contribution in [1.82, 2.24) is 4.98 Å². The van der Waals surface area contributed by atoms with Crippen molar-refractivity contribution in [3.8, 4) is 5.88 Å². The van der Waals surface area contributed by atoms with Gasteiger partial charge in [0.15, 0.2) is 11.9 Å². The van der Waals surface area contributed by atoms with Gasteiger partial charge in [0.1, 0.15) is 0 Å². The number of nitrogens with zero attached hydrogens (tertiary/aromatic N) is 1. The first kappa shape index (κ1) is 12.2. The fraction of sp³-hybridized carbons (Fsp3) is 0.375. The van der Waals surface area contributed by atoms with Gasteiger partial charge in [-0.25, -0.2) is 9.37 Å². The first-order valence-electron chi connectivity index (χ1n) is 3.85. The lowest BCUT2D eigenvalue weighted by atomic mass is 10.4. The third kappa shape index (κ3) is 3.33. The molecule has 0 aromatic carbocycles. The molecule has 84 valence electrons. The van der Waals surface area contributed by atoms with E-state index >= 15 is 0 Å². The van der Waals surface area contributed by atoms with Gasteiger partial charge in [0.25, 0.3) is 5.88 Å².